The Hall–Kier alpha value is -1.67. The highest BCUT2D eigenvalue weighted by Crippen LogP contribution is 2.28. The van der Waals surface area contributed by atoms with Gasteiger partial charge in [-0.15, -0.1) is 0 Å². The van der Waals surface area contributed by atoms with Crippen LogP contribution in [-0.4, -0.2) is 7.05 Å². The molecule has 0 bridgehead atoms. The summed E-state index contributed by atoms with van der Waals surface area (Å²) in [5.41, 5.74) is 3.86. The second-order valence-electron chi connectivity index (χ2n) is 6.57. The molecule has 0 saturated heterocycles. The van der Waals surface area contributed by atoms with Gasteiger partial charge in [0.25, 0.3) is 0 Å². The number of halogens is 1. The van der Waals surface area contributed by atoms with Crippen LogP contribution in [0.15, 0.2) is 42.5 Å². The molecule has 21 heavy (non-hydrogen) atoms. The van der Waals surface area contributed by atoms with Gasteiger partial charge < -0.3 is 5.32 Å². The van der Waals surface area contributed by atoms with Crippen LogP contribution in [0.1, 0.15) is 49.1 Å². The van der Waals surface area contributed by atoms with Crippen molar-refractivity contribution in [2.45, 2.75) is 39.2 Å². The molecule has 112 valence electrons. The largest absolute Gasteiger partial charge is 0.309 e. The summed E-state index contributed by atoms with van der Waals surface area (Å²) in [6, 6.07) is 13.9. The van der Waals surface area contributed by atoms with Crippen molar-refractivity contribution in [1.29, 1.82) is 0 Å². The van der Waals surface area contributed by atoms with Crippen LogP contribution in [0.2, 0.25) is 0 Å². The highest BCUT2D eigenvalue weighted by molar-refractivity contribution is 5.37. The molecule has 0 saturated carbocycles. The summed E-state index contributed by atoms with van der Waals surface area (Å²) < 4.78 is 14.4. The Kier molecular flexibility index (Phi) is 4.48. The van der Waals surface area contributed by atoms with Gasteiger partial charge in [-0.1, -0.05) is 63.2 Å². The van der Waals surface area contributed by atoms with Crippen molar-refractivity contribution in [3.63, 3.8) is 0 Å². The normalized spacial score (nSPS) is 13.2. The number of hydrogen-bond acceptors (Lipinski definition) is 1. The van der Waals surface area contributed by atoms with Crippen LogP contribution in [0.25, 0.3) is 0 Å². The topological polar surface area (TPSA) is 12.0 Å². The van der Waals surface area contributed by atoms with E-state index in [4.69, 9.17) is 0 Å². The summed E-state index contributed by atoms with van der Waals surface area (Å²) in [5.74, 6) is -0.128. The minimum atomic E-state index is -0.128. The van der Waals surface area contributed by atoms with Crippen LogP contribution in [0, 0.1) is 12.7 Å². The maximum absolute atomic E-state index is 14.4. The molecule has 2 rings (SSSR count). The van der Waals surface area contributed by atoms with Crippen LogP contribution in [0.3, 0.4) is 0 Å². The lowest BCUT2D eigenvalue weighted by Crippen LogP contribution is -2.20. The molecule has 2 aromatic carbocycles. The van der Waals surface area contributed by atoms with Crippen molar-refractivity contribution >= 4 is 0 Å². The third-order valence-electron chi connectivity index (χ3n) is 3.93. The molecular formula is C19H24FN. The minimum Gasteiger partial charge on any atom is -0.309 e. The molecule has 2 aromatic rings. The zero-order valence-corrected chi connectivity index (χ0v) is 13.5. The number of hydrogen-bond donors (Lipinski definition) is 1. The second kappa shape index (κ2) is 5.98. The summed E-state index contributed by atoms with van der Waals surface area (Å²) in [7, 11) is 1.87. The van der Waals surface area contributed by atoms with E-state index in [-0.39, 0.29) is 17.3 Å². The number of benzene rings is 2. The molecule has 1 nitrogen and oxygen atoms in total. The molecule has 0 amide bonds. The van der Waals surface area contributed by atoms with E-state index in [0.717, 1.165) is 5.56 Å². The predicted octanol–water partition coefficient (Wildman–Crippen LogP) is 4.74. The maximum Gasteiger partial charge on any atom is 0.131 e. The summed E-state index contributed by atoms with van der Waals surface area (Å²) in [6.07, 6.45) is 0. The Morgan fingerprint density at radius 3 is 2.14 bits per heavy atom. The van der Waals surface area contributed by atoms with Gasteiger partial charge in [-0.05, 0) is 36.1 Å². The number of aryl methyl sites for hydroxylation is 1. The second-order valence-corrected chi connectivity index (χ2v) is 6.57. The lowest BCUT2D eigenvalue weighted by Gasteiger charge is -2.22. The van der Waals surface area contributed by atoms with Crippen LogP contribution in [0.4, 0.5) is 4.39 Å². The standard InChI is InChI=1S/C19H24FN/c1-13-7-6-8-16(17(13)20)18(21-5)14-9-11-15(12-10-14)19(2,3)4/h6-12,18,21H,1-5H3. The molecule has 1 N–H and O–H groups in total. The Labute approximate surface area is 127 Å². The smallest absolute Gasteiger partial charge is 0.131 e. The molecule has 1 unspecified atom stereocenters. The first-order chi connectivity index (χ1) is 9.84. The van der Waals surface area contributed by atoms with Crippen molar-refractivity contribution in [2.24, 2.45) is 0 Å². The number of rotatable bonds is 3. The monoisotopic (exact) mass is 285 g/mol. The summed E-state index contributed by atoms with van der Waals surface area (Å²) in [6.45, 7) is 8.38. The van der Waals surface area contributed by atoms with Crippen LogP contribution >= 0.6 is 0 Å². The van der Waals surface area contributed by atoms with Crippen molar-refractivity contribution in [1.82, 2.24) is 5.32 Å². The maximum atomic E-state index is 14.4. The molecule has 0 aliphatic rings. The van der Waals surface area contributed by atoms with E-state index in [9.17, 15) is 4.39 Å². The molecule has 0 spiro atoms. The van der Waals surface area contributed by atoms with Crippen molar-refractivity contribution in [3.8, 4) is 0 Å². The van der Waals surface area contributed by atoms with Gasteiger partial charge in [-0.2, -0.15) is 0 Å². The fraction of sp³-hybridized carbons (Fsp3) is 0.368. The first-order valence-electron chi connectivity index (χ1n) is 7.37. The molecular weight excluding hydrogens is 261 g/mol. The van der Waals surface area contributed by atoms with Gasteiger partial charge in [-0.3, -0.25) is 0 Å². The molecule has 0 aliphatic heterocycles. The van der Waals surface area contributed by atoms with E-state index in [1.165, 1.54) is 5.56 Å². The Balaban J connectivity index is 2.40. The average Bonchev–Trinajstić information content (AvgIpc) is 2.44. The van der Waals surface area contributed by atoms with Crippen molar-refractivity contribution in [3.05, 3.63) is 70.5 Å². The van der Waals surface area contributed by atoms with E-state index in [2.05, 4.69) is 50.4 Å². The first kappa shape index (κ1) is 15.7. The highest BCUT2D eigenvalue weighted by Gasteiger charge is 2.18. The van der Waals surface area contributed by atoms with Gasteiger partial charge in [0, 0.05) is 5.56 Å². The third kappa shape index (κ3) is 3.33. The summed E-state index contributed by atoms with van der Waals surface area (Å²) in [5, 5.41) is 3.22. The molecule has 1 atom stereocenters. The fourth-order valence-electron chi connectivity index (χ4n) is 2.57. The molecule has 2 heteroatoms. The zero-order valence-electron chi connectivity index (χ0n) is 13.5. The predicted molar refractivity (Wildman–Crippen MR) is 87.2 cm³/mol. The van der Waals surface area contributed by atoms with E-state index in [1.54, 1.807) is 13.0 Å². The fourth-order valence-corrected chi connectivity index (χ4v) is 2.57. The zero-order chi connectivity index (χ0) is 15.6. The van der Waals surface area contributed by atoms with Gasteiger partial charge in [0.05, 0.1) is 6.04 Å². The van der Waals surface area contributed by atoms with Gasteiger partial charge >= 0.3 is 0 Å². The minimum absolute atomic E-state index is 0.126. The number of nitrogens with one attached hydrogen (secondary N) is 1. The average molecular weight is 285 g/mol. The van der Waals surface area contributed by atoms with Crippen molar-refractivity contribution in [2.75, 3.05) is 7.05 Å². The quantitative estimate of drug-likeness (QED) is 0.859. The van der Waals surface area contributed by atoms with Gasteiger partial charge in [-0.25, -0.2) is 4.39 Å². The Bertz CT molecular complexity index is 608. The Morgan fingerprint density at radius 2 is 1.62 bits per heavy atom. The summed E-state index contributed by atoms with van der Waals surface area (Å²) in [4.78, 5) is 0. The van der Waals surface area contributed by atoms with Crippen molar-refractivity contribution < 1.29 is 4.39 Å². The SMILES string of the molecule is CNC(c1ccc(C(C)(C)C)cc1)c1cccc(C)c1F. The van der Waals surface area contributed by atoms with Crippen LogP contribution in [-0.2, 0) is 5.41 Å². The summed E-state index contributed by atoms with van der Waals surface area (Å²) >= 11 is 0. The van der Waals surface area contributed by atoms with E-state index in [0.29, 0.717) is 11.1 Å². The molecule has 0 heterocycles. The van der Waals surface area contributed by atoms with Crippen LogP contribution < -0.4 is 5.32 Å². The molecule has 0 fully saturated rings. The Morgan fingerprint density at radius 1 is 1.00 bits per heavy atom. The van der Waals surface area contributed by atoms with E-state index >= 15 is 0 Å². The van der Waals surface area contributed by atoms with Gasteiger partial charge in [0.1, 0.15) is 5.82 Å². The highest BCUT2D eigenvalue weighted by atomic mass is 19.1. The van der Waals surface area contributed by atoms with Gasteiger partial charge in [0.15, 0.2) is 0 Å². The van der Waals surface area contributed by atoms with E-state index in [1.807, 2.05) is 19.2 Å². The molecule has 0 aliphatic carbocycles. The van der Waals surface area contributed by atoms with Crippen LogP contribution in [0.5, 0.6) is 0 Å². The molecule has 0 radical (unpaired) electrons. The molecule has 0 aromatic heterocycles. The lowest BCUT2D eigenvalue weighted by molar-refractivity contribution is 0.567. The first-order valence-corrected chi connectivity index (χ1v) is 7.37. The van der Waals surface area contributed by atoms with E-state index < -0.39 is 0 Å². The third-order valence-corrected chi connectivity index (χ3v) is 3.93. The van der Waals surface area contributed by atoms with Gasteiger partial charge in [0.2, 0.25) is 0 Å². The lowest BCUT2D eigenvalue weighted by atomic mass is 9.85.